The van der Waals surface area contributed by atoms with E-state index in [2.05, 4.69) is 33.6 Å². The van der Waals surface area contributed by atoms with Crippen molar-refractivity contribution in [1.82, 2.24) is 9.97 Å². The maximum atomic E-state index is 12.8. The average Bonchev–Trinajstić information content (AvgIpc) is 3.80. The SMILES string of the molecule is FC(F)(F)c1cc(C#CC2CC2)c2ccccc2n1.FC(F)(F)c1cc(C#CC2CC2)c2ccccc2n1. The average molecular weight is 522 g/mol. The summed E-state index contributed by atoms with van der Waals surface area (Å²) in [5.74, 6) is 12.4. The molecule has 2 aromatic heterocycles. The molecule has 2 saturated carbocycles. The third-order valence-corrected chi connectivity index (χ3v) is 5.99. The summed E-state index contributed by atoms with van der Waals surface area (Å²) in [7, 11) is 0. The zero-order valence-electron chi connectivity index (χ0n) is 19.9. The van der Waals surface area contributed by atoms with Crippen molar-refractivity contribution in [3.8, 4) is 23.7 Å². The fraction of sp³-hybridized carbons (Fsp3) is 0.267. The van der Waals surface area contributed by atoms with E-state index < -0.39 is 23.7 Å². The number of pyridine rings is 2. The van der Waals surface area contributed by atoms with Gasteiger partial charge in [0.25, 0.3) is 0 Å². The second-order valence-electron chi connectivity index (χ2n) is 9.23. The van der Waals surface area contributed by atoms with Crippen LogP contribution in [-0.4, -0.2) is 9.97 Å². The minimum Gasteiger partial charge on any atom is -0.243 e. The summed E-state index contributed by atoms with van der Waals surface area (Å²) in [6.45, 7) is 0. The molecule has 8 heteroatoms. The Bertz CT molecular complexity index is 1500. The van der Waals surface area contributed by atoms with Crippen molar-refractivity contribution >= 4 is 21.8 Å². The van der Waals surface area contributed by atoms with Gasteiger partial charge in [0, 0.05) is 33.7 Å². The van der Waals surface area contributed by atoms with Crippen LogP contribution < -0.4 is 0 Å². The van der Waals surface area contributed by atoms with Crippen molar-refractivity contribution in [3.63, 3.8) is 0 Å². The Morgan fingerprint density at radius 1 is 0.579 bits per heavy atom. The van der Waals surface area contributed by atoms with Crippen LogP contribution in [0.3, 0.4) is 0 Å². The van der Waals surface area contributed by atoms with E-state index in [1.54, 1.807) is 48.5 Å². The van der Waals surface area contributed by atoms with Gasteiger partial charge in [-0.05, 0) is 49.9 Å². The molecule has 0 aliphatic heterocycles. The number of hydrogen-bond acceptors (Lipinski definition) is 2. The normalized spacial score (nSPS) is 15.1. The van der Waals surface area contributed by atoms with Gasteiger partial charge in [0.05, 0.1) is 11.0 Å². The number of rotatable bonds is 0. The Labute approximate surface area is 215 Å². The van der Waals surface area contributed by atoms with E-state index in [9.17, 15) is 26.3 Å². The number of halogens is 6. The summed E-state index contributed by atoms with van der Waals surface area (Å²) in [4.78, 5) is 7.31. The number of alkyl halides is 6. The molecule has 0 unspecified atom stereocenters. The molecule has 0 atom stereocenters. The standard InChI is InChI=1S/2C15H10F3N/c2*16-15(17,18)14-9-11(8-7-10-5-6-10)12-3-1-2-4-13(12)19-14/h2*1-4,9-10H,5-6H2. The Balaban J connectivity index is 0.000000155. The van der Waals surface area contributed by atoms with Crippen LogP contribution >= 0.6 is 0 Å². The molecule has 2 aliphatic carbocycles. The molecule has 2 heterocycles. The van der Waals surface area contributed by atoms with E-state index in [1.807, 2.05) is 0 Å². The van der Waals surface area contributed by atoms with Gasteiger partial charge in [0.1, 0.15) is 11.4 Å². The summed E-state index contributed by atoms with van der Waals surface area (Å²) in [5.41, 5.74) is -0.290. The van der Waals surface area contributed by atoms with Crippen LogP contribution in [0.4, 0.5) is 26.3 Å². The predicted octanol–water partition coefficient (Wildman–Crippen LogP) is 8.03. The summed E-state index contributed by atoms with van der Waals surface area (Å²) in [6.07, 6.45) is -4.71. The maximum Gasteiger partial charge on any atom is 0.433 e. The molecule has 192 valence electrons. The van der Waals surface area contributed by atoms with Crippen LogP contribution in [0.15, 0.2) is 60.7 Å². The van der Waals surface area contributed by atoms with Gasteiger partial charge in [-0.25, -0.2) is 9.97 Å². The van der Waals surface area contributed by atoms with Gasteiger partial charge in [0.15, 0.2) is 0 Å². The van der Waals surface area contributed by atoms with E-state index in [1.165, 1.54) is 0 Å². The van der Waals surface area contributed by atoms with Gasteiger partial charge in [-0.2, -0.15) is 26.3 Å². The second-order valence-corrected chi connectivity index (χ2v) is 9.23. The third kappa shape index (κ3) is 6.26. The molecule has 0 saturated heterocycles. The minimum atomic E-state index is -4.44. The lowest BCUT2D eigenvalue weighted by atomic mass is 10.1. The van der Waals surface area contributed by atoms with Crippen molar-refractivity contribution < 1.29 is 26.3 Å². The number of benzene rings is 2. The van der Waals surface area contributed by atoms with Crippen molar-refractivity contribution in [2.45, 2.75) is 38.0 Å². The van der Waals surface area contributed by atoms with Crippen molar-refractivity contribution in [2.75, 3.05) is 0 Å². The molecule has 0 spiro atoms. The van der Waals surface area contributed by atoms with E-state index in [0.29, 0.717) is 44.8 Å². The molecule has 38 heavy (non-hydrogen) atoms. The van der Waals surface area contributed by atoms with Crippen LogP contribution in [0, 0.1) is 35.5 Å². The molecule has 0 amide bonds. The lowest BCUT2D eigenvalue weighted by Gasteiger charge is -2.08. The van der Waals surface area contributed by atoms with Crippen molar-refractivity contribution in [2.24, 2.45) is 11.8 Å². The van der Waals surface area contributed by atoms with E-state index >= 15 is 0 Å². The molecule has 2 aromatic carbocycles. The lowest BCUT2D eigenvalue weighted by Crippen LogP contribution is -2.08. The van der Waals surface area contributed by atoms with Gasteiger partial charge >= 0.3 is 12.4 Å². The predicted molar refractivity (Wildman–Crippen MR) is 133 cm³/mol. The molecule has 0 bridgehead atoms. The van der Waals surface area contributed by atoms with E-state index in [0.717, 1.165) is 37.8 Å². The number of nitrogens with zero attached hydrogens (tertiary/aromatic N) is 2. The largest absolute Gasteiger partial charge is 0.433 e. The van der Waals surface area contributed by atoms with Gasteiger partial charge < -0.3 is 0 Å². The van der Waals surface area contributed by atoms with Gasteiger partial charge in [0.2, 0.25) is 0 Å². The molecule has 6 rings (SSSR count). The van der Waals surface area contributed by atoms with E-state index in [4.69, 9.17) is 0 Å². The first-order valence-corrected chi connectivity index (χ1v) is 12.0. The lowest BCUT2D eigenvalue weighted by molar-refractivity contribution is -0.141. The maximum absolute atomic E-state index is 12.8. The minimum absolute atomic E-state index is 0.331. The van der Waals surface area contributed by atoms with Crippen molar-refractivity contribution in [3.05, 3.63) is 83.2 Å². The monoisotopic (exact) mass is 522 g/mol. The Morgan fingerprint density at radius 3 is 1.29 bits per heavy atom. The van der Waals surface area contributed by atoms with Gasteiger partial charge in [-0.15, -0.1) is 0 Å². The summed E-state index contributed by atoms with van der Waals surface area (Å²) in [6, 6.07) is 15.6. The molecular formula is C30H20F6N2. The number of aromatic nitrogens is 2. The van der Waals surface area contributed by atoms with Gasteiger partial charge in [-0.3, -0.25) is 0 Å². The molecule has 0 N–H and O–H groups in total. The molecule has 2 fully saturated rings. The fourth-order valence-electron chi connectivity index (χ4n) is 3.66. The number of hydrogen-bond donors (Lipinski definition) is 0. The van der Waals surface area contributed by atoms with Crippen LogP contribution in [0.2, 0.25) is 0 Å². The zero-order valence-corrected chi connectivity index (χ0v) is 19.9. The van der Waals surface area contributed by atoms with E-state index in [-0.39, 0.29) is 0 Å². The number of fused-ring (bicyclic) bond motifs is 2. The first-order valence-electron chi connectivity index (χ1n) is 12.0. The number of para-hydroxylation sites is 2. The second kappa shape index (κ2) is 10.0. The van der Waals surface area contributed by atoms with Crippen LogP contribution in [0.5, 0.6) is 0 Å². The quantitative estimate of drug-likeness (QED) is 0.173. The first-order chi connectivity index (χ1) is 18.1. The highest BCUT2D eigenvalue weighted by atomic mass is 19.4. The smallest absolute Gasteiger partial charge is 0.243 e. The van der Waals surface area contributed by atoms with Crippen LogP contribution in [0.1, 0.15) is 48.2 Å². The molecule has 2 nitrogen and oxygen atoms in total. The third-order valence-electron chi connectivity index (χ3n) is 5.99. The highest BCUT2D eigenvalue weighted by molar-refractivity contribution is 5.86. The topological polar surface area (TPSA) is 25.8 Å². The van der Waals surface area contributed by atoms with Gasteiger partial charge in [-0.1, -0.05) is 60.1 Å². The summed E-state index contributed by atoms with van der Waals surface area (Å²) < 4.78 is 76.8. The Morgan fingerprint density at radius 2 is 0.947 bits per heavy atom. The summed E-state index contributed by atoms with van der Waals surface area (Å²) >= 11 is 0. The molecule has 4 aromatic rings. The van der Waals surface area contributed by atoms with Crippen LogP contribution in [0.25, 0.3) is 21.8 Å². The van der Waals surface area contributed by atoms with Crippen molar-refractivity contribution in [1.29, 1.82) is 0 Å². The molecule has 2 aliphatic rings. The summed E-state index contributed by atoms with van der Waals surface area (Å²) in [5, 5.41) is 1.34. The Kier molecular flexibility index (Phi) is 6.75. The fourth-order valence-corrected chi connectivity index (χ4v) is 3.66. The molecular weight excluding hydrogens is 502 g/mol. The molecule has 0 radical (unpaired) electrons. The van der Waals surface area contributed by atoms with Crippen LogP contribution in [-0.2, 0) is 12.4 Å². The first kappa shape index (κ1) is 25.6. The Hall–Kier alpha value is -4.04. The highest BCUT2D eigenvalue weighted by Crippen LogP contribution is 2.33. The highest BCUT2D eigenvalue weighted by Gasteiger charge is 2.34. The zero-order chi connectivity index (χ0) is 26.9.